The fourth-order valence-electron chi connectivity index (χ4n) is 2.94. The Balaban J connectivity index is 1.70. The smallest absolute Gasteiger partial charge is 0.270 e. The molecule has 98 valence electrons. The molecule has 1 saturated heterocycles. The number of rotatable bonds is 2. The number of hydrogen-bond acceptors (Lipinski definition) is 2. The number of carbonyl (C=O) groups is 1. The van der Waals surface area contributed by atoms with Crippen LogP contribution in [0.5, 0.6) is 0 Å². The van der Waals surface area contributed by atoms with Gasteiger partial charge < -0.3 is 14.6 Å². The van der Waals surface area contributed by atoms with Crippen LogP contribution in [-0.2, 0) is 11.2 Å². The van der Waals surface area contributed by atoms with E-state index in [1.54, 1.807) is 0 Å². The second kappa shape index (κ2) is 5.14. The van der Waals surface area contributed by atoms with Crippen molar-refractivity contribution in [1.29, 1.82) is 0 Å². The van der Waals surface area contributed by atoms with Crippen LogP contribution in [0.1, 0.15) is 35.3 Å². The molecule has 2 aliphatic rings. The van der Waals surface area contributed by atoms with Gasteiger partial charge in [0.15, 0.2) is 0 Å². The molecule has 2 aliphatic heterocycles. The standard InChI is InChI=1S/C14H20N2O2/c17-14-13-12(3-6-15-13)2-1-7-16(14)10-11-4-8-18-9-5-11/h3,6,11,15H,1-2,4-5,7-10H2. The summed E-state index contributed by atoms with van der Waals surface area (Å²) >= 11 is 0. The third-order valence-electron chi connectivity index (χ3n) is 4.03. The number of amides is 1. The van der Waals surface area contributed by atoms with Gasteiger partial charge in [-0.1, -0.05) is 0 Å². The lowest BCUT2D eigenvalue weighted by Crippen LogP contribution is -2.37. The number of aryl methyl sites for hydroxylation is 1. The summed E-state index contributed by atoms with van der Waals surface area (Å²) in [5.41, 5.74) is 1.98. The topological polar surface area (TPSA) is 45.3 Å². The molecule has 1 aromatic rings. The van der Waals surface area contributed by atoms with E-state index in [-0.39, 0.29) is 5.91 Å². The number of fused-ring (bicyclic) bond motifs is 1. The Hall–Kier alpha value is -1.29. The molecule has 0 atom stereocenters. The highest BCUT2D eigenvalue weighted by Gasteiger charge is 2.26. The molecule has 0 aromatic carbocycles. The first-order chi connectivity index (χ1) is 8.84. The van der Waals surface area contributed by atoms with Crippen molar-refractivity contribution in [2.75, 3.05) is 26.3 Å². The maximum Gasteiger partial charge on any atom is 0.270 e. The van der Waals surface area contributed by atoms with Gasteiger partial charge >= 0.3 is 0 Å². The third-order valence-corrected chi connectivity index (χ3v) is 4.03. The van der Waals surface area contributed by atoms with Gasteiger partial charge in [-0.15, -0.1) is 0 Å². The van der Waals surface area contributed by atoms with Gasteiger partial charge in [0.25, 0.3) is 5.91 Å². The number of ether oxygens (including phenoxy) is 1. The number of H-pyrrole nitrogens is 1. The minimum Gasteiger partial charge on any atom is -0.381 e. The van der Waals surface area contributed by atoms with Gasteiger partial charge in [-0.25, -0.2) is 0 Å². The molecule has 3 rings (SSSR count). The molecule has 0 bridgehead atoms. The van der Waals surface area contributed by atoms with Crippen molar-refractivity contribution in [3.05, 3.63) is 23.5 Å². The number of nitrogens with zero attached hydrogens (tertiary/aromatic N) is 1. The van der Waals surface area contributed by atoms with Crippen molar-refractivity contribution in [1.82, 2.24) is 9.88 Å². The van der Waals surface area contributed by atoms with E-state index in [9.17, 15) is 4.79 Å². The zero-order chi connectivity index (χ0) is 12.4. The van der Waals surface area contributed by atoms with Crippen molar-refractivity contribution >= 4 is 5.91 Å². The highest BCUT2D eigenvalue weighted by Crippen LogP contribution is 2.21. The van der Waals surface area contributed by atoms with E-state index in [0.29, 0.717) is 5.92 Å². The highest BCUT2D eigenvalue weighted by molar-refractivity contribution is 5.94. The summed E-state index contributed by atoms with van der Waals surface area (Å²) in [6, 6.07) is 2.03. The van der Waals surface area contributed by atoms with E-state index in [0.717, 1.165) is 57.7 Å². The van der Waals surface area contributed by atoms with Crippen LogP contribution in [0.4, 0.5) is 0 Å². The van der Waals surface area contributed by atoms with Crippen LogP contribution in [0.15, 0.2) is 12.3 Å². The number of aromatic nitrogens is 1. The molecule has 1 N–H and O–H groups in total. The number of aromatic amines is 1. The summed E-state index contributed by atoms with van der Waals surface area (Å²) in [6.07, 6.45) is 6.12. The SMILES string of the molecule is O=C1c2[nH]ccc2CCCN1CC1CCOCC1. The maximum atomic E-state index is 12.4. The fraction of sp³-hybridized carbons (Fsp3) is 0.643. The van der Waals surface area contributed by atoms with Crippen LogP contribution in [0, 0.1) is 5.92 Å². The Morgan fingerprint density at radius 2 is 2.22 bits per heavy atom. The van der Waals surface area contributed by atoms with E-state index in [4.69, 9.17) is 4.74 Å². The lowest BCUT2D eigenvalue weighted by Gasteiger charge is -2.29. The minimum absolute atomic E-state index is 0.180. The van der Waals surface area contributed by atoms with Crippen LogP contribution < -0.4 is 0 Å². The molecule has 4 nitrogen and oxygen atoms in total. The van der Waals surface area contributed by atoms with Crippen molar-refractivity contribution < 1.29 is 9.53 Å². The van der Waals surface area contributed by atoms with Crippen LogP contribution in [0.25, 0.3) is 0 Å². The first-order valence-corrected chi connectivity index (χ1v) is 6.88. The Kier molecular flexibility index (Phi) is 3.37. The van der Waals surface area contributed by atoms with E-state index >= 15 is 0 Å². The normalized spacial score (nSPS) is 21.8. The Morgan fingerprint density at radius 1 is 1.39 bits per heavy atom. The van der Waals surface area contributed by atoms with Crippen molar-refractivity contribution in [3.63, 3.8) is 0 Å². The zero-order valence-corrected chi connectivity index (χ0v) is 10.7. The molecule has 0 radical (unpaired) electrons. The van der Waals surface area contributed by atoms with Gasteiger partial charge in [-0.05, 0) is 43.2 Å². The van der Waals surface area contributed by atoms with Gasteiger partial charge in [-0.2, -0.15) is 0 Å². The first kappa shape index (κ1) is 11.8. The molecular formula is C14H20N2O2. The molecule has 4 heteroatoms. The predicted octanol–water partition coefficient (Wildman–Crippen LogP) is 1.83. The maximum absolute atomic E-state index is 12.4. The van der Waals surface area contributed by atoms with Crippen molar-refractivity contribution in [2.24, 2.45) is 5.92 Å². The van der Waals surface area contributed by atoms with E-state index in [2.05, 4.69) is 4.98 Å². The number of hydrogen-bond donors (Lipinski definition) is 1. The van der Waals surface area contributed by atoms with Gasteiger partial charge in [0, 0.05) is 32.5 Å². The highest BCUT2D eigenvalue weighted by atomic mass is 16.5. The largest absolute Gasteiger partial charge is 0.381 e. The lowest BCUT2D eigenvalue weighted by molar-refractivity contribution is 0.0459. The first-order valence-electron chi connectivity index (χ1n) is 6.88. The molecule has 1 fully saturated rings. The fourth-order valence-corrected chi connectivity index (χ4v) is 2.94. The summed E-state index contributed by atoms with van der Waals surface area (Å²) in [4.78, 5) is 17.6. The molecular weight excluding hydrogens is 228 g/mol. The van der Waals surface area contributed by atoms with Gasteiger partial charge in [0.2, 0.25) is 0 Å². The summed E-state index contributed by atoms with van der Waals surface area (Å²) in [5, 5.41) is 0. The summed E-state index contributed by atoms with van der Waals surface area (Å²) in [7, 11) is 0. The Labute approximate surface area is 107 Å². The average Bonchev–Trinajstić information content (AvgIpc) is 2.81. The van der Waals surface area contributed by atoms with Gasteiger partial charge in [0.05, 0.1) is 0 Å². The monoisotopic (exact) mass is 248 g/mol. The Bertz CT molecular complexity index is 421. The summed E-state index contributed by atoms with van der Waals surface area (Å²) in [5.74, 6) is 0.790. The van der Waals surface area contributed by atoms with Crippen LogP contribution in [0.2, 0.25) is 0 Å². The van der Waals surface area contributed by atoms with Crippen LogP contribution in [-0.4, -0.2) is 42.1 Å². The van der Waals surface area contributed by atoms with Crippen LogP contribution >= 0.6 is 0 Å². The molecule has 3 heterocycles. The molecule has 0 aliphatic carbocycles. The predicted molar refractivity (Wildman–Crippen MR) is 68.6 cm³/mol. The summed E-state index contributed by atoms with van der Waals surface area (Å²) in [6.45, 7) is 3.47. The Morgan fingerprint density at radius 3 is 3.06 bits per heavy atom. The zero-order valence-electron chi connectivity index (χ0n) is 10.7. The van der Waals surface area contributed by atoms with Gasteiger partial charge in [0.1, 0.15) is 5.69 Å². The second-order valence-corrected chi connectivity index (χ2v) is 5.29. The second-order valence-electron chi connectivity index (χ2n) is 5.29. The van der Waals surface area contributed by atoms with E-state index < -0.39 is 0 Å². The molecule has 1 aromatic heterocycles. The molecule has 0 spiro atoms. The number of nitrogens with one attached hydrogen (secondary N) is 1. The molecule has 0 unspecified atom stereocenters. The van der Waals surface area contributed by atoms with Crippen LogP contribution in [0.3, 0.4) is 0 Å². The molecule has 18 heavy (non-hydrogen) atoms. The summed E-state index contributed by atoms with van der Waals surface area (Å²) < 4.78 is 5.37. The lowest BCUT2D eigenvalue weighted by atomic mass is 9.99. The van der Waals surface area contributed by atoms with E-state index in [1.165, 1.54) is 5.56 Å². The van der Waals surface area contributed by atoms with Gasteiger partial charge in [-0.3, -0.25) is 4.79 Å². The minimum atomic E-state index is 0.180. The third kappa shape index (κ3) is 2.29. The molecule has 0 saturated carbocycles. The average molecular weight is 248 g/mol. The quantitative estimate of drug-likeness (QED) is 0.868. The van der Waals surface area contributed by atoms with Crippen molar-refractivity contribution in [3.8, 4) is 0 Å². The molecule has 1 amide bonds. The number of carbonyl (C=O) groups excluding carboxylic acids is 1. The van der Waals surface area contributed by atoms with Crippen molar-refractivity contribution in [2.45, 2.75) is 25.7 Å². The van der Waals surface area contributed by atoms with E-state index in [1.807, 2.05) is 17.2 Å².